The van der Waals surface area contributed by atoms with Gasteiger partial charge in [-0.1, -0.05) is 6.07 Å². The molecule has 0 amide bonds. The second kappa shape index (κ2) is 7.28. The molecule has 0 saturated carbocycles. The van der Waals surface area contributed by atoms with Crippen molar-refractivity contribution in [1.82, 2.24) is 9.55 Å². The first-order valence-electron chi connectivity index (χ1n) is 6.83. The number of rotatable bonds is 7. The number of fused-ring (bicyclic) bond motifs is 1. The number of ether oxygens (including phenoxy) is 1. The Bertz CT molecular complexity index is 615. The van der Waals surface area contributed by atoms with Crippen LogP contribution < -0.4 is 0 Å². The van der Waals surface area contributed by atoms with E-state index in [2.05, 4.69) is 15.6 Å². The van der Waals surface area contributed by atoms with Crippen molar-refractivity contribution < 1.29 is 4.74 Å². The second-order valence-electron chi connectivity index (χ2n) is 4.45. The second-order valence-corrected chi connectivity index (χ2v) is 4.83. The van der Waals surface area contributed by atoms with Crippen molar-refractivity contribution in [1.29, 1.82) is 5.26 Å². The topological polar surface area (TPSA) is 50.8 Å². The first kappa shape index (κ1) is 14.8. The lowest BCUT2D eigenvalue weighted by atomic mass is 10.2. The third-order valence-electron chi connectivity index (χ3n) is 3.17. The Kier molecular flexibility index (Phi) is 5.40. The molecule has 1 heterocycles. The zero-order valence-corrected chi connectivity index (χ0v) is 12.4. The van der Waals surface area contributed by atoms with Gasteiger partial charge in [0, 0.05) is 32.1 Å². The van der Waals surface area contributed by atoms with Crippen LogP contribution >= 0.6 is 11.6 Å². The number of para-hydroxylation sites is 1. The molecule has 0 spiro atoms. The van der Waals surface area contributed by atoms with Crippen LogP contribution in [0, 0.1) is 11.3 Å². The largest absolute Gasteiger partial charge is 0.382 e. The van der Waals surface area contributed by atoms with Crippen LogP contribution in [-0.2, 0) is 17.7 Å². The van der Waals surface area contributed by atoms with Crippen LogP contribution in [0.4, 0.5) is 0 Å². The standard InChI is InChI=1S/C15H18ClN3O/c1-2-20-10-4-9-19-13-6-3-5-12(11-17)15(13)18-14(19)7-8-16/h3,5-6H,2,4,7-10H2,1H3. The number of alkyl halides is 1. The van der Waals surface area contributed by atoms with Crippen molar-refractivity contribution in [3.8, 4) is 6.07 Å². The number of nitrogens with zero attached hydrogens (tertiary/aromatic N) is 3. The zero-order valence-electron chi connectivity index (χ0n) is 11.6. The highest BCUT2D eigenvalue weighted by Gasteiger charge is 2.12. The molecule has 0 saturated heterocycles. The van der Waals surface area contributed by atoms with Gasteiger partial charge in [-0.15, -0.1) is 11.6 Å². The summed E-state index contributed by atoms with van der Waals surface area (Å²) in [5, 5.41) is 9.17. The van der Waals surface area contributed by atoms with Gasteiger partial charge in [0.25, 0.3) is 0 Å². The van der Waals surface area contributed by atoms with Crippen LogP contribution in [0.3, 0.4) is 0 Å². The summed E-state index contributed by atoms with van der Waals surface area (Å²) < 4.78 is 7.53. The summed E-state index contributed by atoms with van der Waals surface area (Å²) in [5.41, 5.74) is 2.38. The van der Waals surface area contributed by atoms with E-state index >= 15 is 0 Å². The van der Waals surface area contributed by atoms with E-state index in [1.54, 1.807) is 6.07 Å². The maximum Gasteiger partial charge on any atom is 0.111 e. The van der Waals surface area contributed by atoms with Gasteiger partial charge in [-0.3, -0.25) is 0 Å². The fourth-order valence-corrected chi connectivity index (χ4v) is 2.45. The Labute approximate surface area is 123 Å². The normalized spacial score (nSPS) is 10.8. The maximum atomic E-state index is 9.17. The number of benzene rings is 1. The Morgan fingerprint density at radius 3 is 3.00 bits per heavy atom. The number of nitriles is 1. The van der Waals surface area contributed by atoms with E-state index in [-0.39, 0.29) is 0 Å². The smallest absolute Gasteiger partial charge is 0.111 e. The Morgan fingerprint density at radius 1 is 1.45 bits per heavy atom. The molecule has 0 bridgehead atoms. The molecule has 4 nitrogen and oxygen atoms in total. The number of hydrogen-bond donors (Lipinski definition) is 0. The van der Waals surface area contributed by atoms with E-state index in [0.717, 1.165) is 43.0 Å². The predicted molar refractivity (Wildman–Crippen MR) is 80.0 cm³/mol. The van der Waals surface area contributed by atoms with Gasteiger partial charge in [0.2, 0.25) is 0 Å². The van der Waals surface area contributed by atoms with Crippen molar-refractivity contribution in [2.45, 2.75) is 26.3 Å². The van der Waals surface area contributed by atoms with E-state index < -0.39 is 0 Å². The third-order valence-corrected chi connectivity index (χ3v) is 3.36. The summed E-state index contributed by atoms with van der Waals surface area (Å²) in [5.74, 6) is 1.46. The first-order valence-corrected chi connectivity index (χ1v) is 7.37. The van der Waals surface area contributed by atoms with Crippen molar-refractivity contribution in [2.24, 2.45) is 0 Å². The summed E-state index contributed by atoms with van der Waals surface area (Å²) in [6.45, 7) is 4.29. The molecule has 0 unspecified atom stereocenters. The van der Waals surface area contributed by atoms with Crippen LogP contribution in [0.5, 0.6) is 0 Å². The third kappa shape index (κ3) is 3.12. The van der Waals surface area contributed by atoms with Gasteiger partial charge in [0.05, 0.1) is 11.1 Å². The Hall–Kier alpha value is -1.57. The van der Waals surface area contributed by atoms with Crippen molar-refractivity contribution >= 4 is 22.6 Å². The van der Waals surface area contributed by atoms with E-state index in [4.69, 9.17) is 21.6 Å². The van der Waals surface area contributed by atoms with Crippen LogP contribution in [0.1, 0.15) is 24.7 Å². The summed E-state index contributed by atoms with van der Waals surface area (Å²) in [7, 11) is 0. The summed E-state index contributed by atoms with van der Waals surface area (Å²) in [6.07, 6.45) is 1.63. The van der Waals surface area contributed by atoms with Crippen LogP contribution in [-0.4, -0.2) is 28.6 Å². The minimum atomic E-state index is 0.524. The van der Waals surface area contributed by atoms with E-state index in [0.29, 0.717) is 17.9 Å². The first-order chi connectivity index (χ1) is 9.81. The molecule has 0 fully saturated rings. The molecule has 0 aliphatic carbocycles. The minimum Gasteiger partial charge on any atom is -0.382 e. The molecule has 0 aliphatic heterocycles. The average Bonchev–Trinajstić information content (AvgIpc) is 2.82. The Morgan fingerprint density at radius 2 is 2.30 bits per heavy atom. The molecule has 2 aromatic rings. The van der Waals surface area contributed by atoms with Crippen LogP contribution in [0.2, 0.25) is 0 Å². The fraction of sp³-hybridized carbons (Fsp3) is 0.467. The lowest BCUT2D eigenvalue weighted by molar-refractivity contribution is 0.141. The van der Waals surface area contributed by atoms with Crippen molar-refractivity contribution in [2.75, 3.05) is 19.1 Å². The van der Waals surface area contributed by atoms with Gasteiger partial charge in [0.1, 0.15) is 17.4 Å². The molecule has 5 heteroatoms. The number of halogens is 1. The summed E-state index contributed by atoms with van der Waals surface area (Å²) in [4.78, 5) is 4.59. The van der Waals surface area contributed by atoms with Gasteiger partial charge in [0.15, 0.2) is 0 Å². The maximum absolute atomic E-state index is 9.17. The molecule has 0 aliphatic rings. The predicted octanol–water partition coefficient (Wildman–Crippen LogP) is 3.12. The van der Waals surface area contributed by atoms with Gasteiger partial charge >= 0.3 is 0 Å². The SMILES string of the molecule is CCOCCCn1c(CCCl)nc2c(C#N)cccc21. The molecule has 0 N–H and O–H groups in total. The zero-order chi connectivity index (χ0) is 14.4. The molecular formula is C15H18ClN3O. The highest BCUT2D eigenvalue weighted by Crippen LogP contribution is 2.20. The minimum absolute atomic E-state index is 0.524. The fourth-order valence-electron chi connectivity index (χ4n) is 2.28. The molecule has 1 aromatic carbocycles. The monoisotopic (exact) mass is 291 g/mol. The Balaban J connectivity index is 2.34. The molecular weight excluding hydrogens is 274 g/mol. The number of hydrogen-bond acceptors (Lipinski definition) is 3. The number of aryl methyl sites for hydroxylation is 2. The molecule has 106 valence electrons. The van der Waals surface area contributed by atoms with Crippen molar-refractivity contribution in [3.05, 3.63) is 29.6 Å². The summed E-state index contributed by atoms with van der Waals surface area (Å²) in [6, 6.07) is 7.89. The van der Waals surface area contributed by atoms with Gasteiger partial charge in [-0.25, -0.2) is 4.98 Å². The average molecular weight is 292 g/mol. The number of imidazole rings is 1. The molecule has 0 radical (unpaired) electrons. The highest BCUT2D eigenvalue weighted by molar-refractivity contribution is 6.17. The van der Waals surface area contributed by atoms with Gasteiger partial charge in [-0.2, -0.15) is 5.26 Å². The van der Waals surface area contributed by atoms with Crippen LogP contribution in [0.15, 0.2) is 18.2 Å². The highest BCUT2D eigenvalue weighted by atomic mass is 35.5. The molecule has 0 atom stereocenters. The van der Waals surface area contributed by atoms with E-state index in [9.17, 15) is 0 Å². The summed E-state index contributed by atoms with van der Waals surface area (Å²) >= 11 is 5.85. The van der Waals surface area contributed by atoms with E-state index in [1.165, 1.54) is 0 Å². The van der Waals surface area contributed by atoms with E-state index in [1.807, 2.05) is 19.1 Å². The van der Waals surface area contributed by atoms with Gasteiger partial charge in [-0.05, 0) is 25.5 Å². The molecule has 1 aromatic heterocycles. The lowest BCUT2D eigenvalue weighted by Gasteiger charge is -2.08. The van der Waals surface area contributed by atoms with Crippen LogP contribution in [0.25, 0.3) is 11.0 Å². The van der Waals surface area contributed by atoms with Gasteiger partial charge < -0.3 is 9.30 Å². The van der Waals surface area contributed by atoms with Crippen molar-refractivity contribution in [3.63, 3.8) is 0 Å². The number of aromatic nitrogens is 2. The lowest BCUT2D eigenvalue weighted by Crippen LogP contribution is -2.07. The quantitative estimate of drug-likeness (QED) is 0.582. The molecule has 20 heavy (non-hydrogen) atoms. The molecule has 2 rings (SSSR count).